The van der Waals surface area contributed by atoms with E-state index < -0.39 is 10.0 Å². The predicted molar refractivity (Wildman–Crippen MR) is 76.8 cm³/mol. The average Bonchev–Trinajstić information content (AvgIpc) is 2.27. The molecular formula is C11H15BrClNO4S. The molecule has 1 aromatic carbocycles. The van der Waals surface area contributed by atoms with Crippen LogP contribution in [0.5, 0.6) is 5.75 Å². The molecule has 0 aliphatic carbocycles. The molecule has 0 unspecified atom stereocenters. The smallest absolute Gasteiger partial charge is 0.266 e. The second kappa shape index (κ2) is 6.90. The maximum atomic E-state index is 12.1. The highest BCUT2D eigenvalue weighted by atomic mass is 79.9. The van der Waals surface area contributed by atoms with Crippen molar-refractivity contribution in [1.82, 2.24) is 4.89 Å². The van der Waals surface area contributed by atoms with Gasteiger partial charge >= 0.3 is 0 Å². The third-order valence-corrected chi connectivity index (χ3v) is 4.08. The lowest BCUT2D eigenvalue weighted by Crippen LogP contribution is -2.26. The van der Waals surface area contributed by atoms with Gasteiger partial charge in [0.05, 0.1) is 18.2 Å². The van der Waals surface area contributed by atoms with Crippen molar-refractivity contribution in [3.63, 3.8) is 0 Å². The van der Waals surface area contributed by atoms with Crippen LogP contribution in [0.2, 0.25) is 5.02 Å². The monoisotopic (exact) mass is 371 g/mol. The molecule has 19 heavy (non-hydrogen) atoms. The van der Waals surface area contributed by atoms with Crippen LogP contribution in [0.25, 0.3) is 0 Å². The molecule has 1 aromatic rings. The molecule has 0 radical (unpaired) electrons. The number of rotatable bonds is 6. The number of benzene rings is 1. The summed E-state index contributed by atoms with van der Waals surface area (Å²) in [5.41, 5.74) is 0. The lowest BCUT2D eigenvalue weighted by atomic mass is 10.2. The molecule has 0 spiro atoms. The van der Waals surface area contributed by atoms with E-state index >= 15 is 0 Å². The highest BCUT2D eigenvalue weighted by molar-refractivity contribution is 9.10. The summed E-state index contributed by atoms with van der Waals surface area (Å²) in [6.07, 6.45) is 0. The van der Waals surface area contributed by atoms with Gasteiger partial charge in [-0.15, -0.1) is 0 Å². The Morgan fingerprint density at radius 3 is 2.58 bits per heavy atom. The van der Waals surface area contributed by atoms with E-state index in [4.69, 9.17) is 21.2 Å². The van der Waals surface area contributed by atoms with Crippen molar-refractivity contribution >= 4 is 37.6 Å². The number of ether oxygens (including phenoxy) is 1. The number of sulfonamides is 1. The normalized spacial score (nSPS) is 11.9. The van der Waals surface area contributed by atoms with Crippen LogP contribution in [-0.2, 0) is 14.9 Å². The van der Waals surface area contributed by atoms with Crippen molar-refractivity contribution in [2.45, 2.75) is 18.7 Å². The van der Waals surface area contributed by atoms with Crippen molar-refractivity contribution in [3.8, 4) is 5.75 Å². The lowest BCUT2D eigenvalue weighted by molar-refractivity contribution is 0.0717. The fourth-order valence-electron chi connectivity index (χ4n) is 1.26. The molecule has 0 aromatic heterocycles. The number of methoxy groups -OCH3 is 1. The fourth-order valence-corrected chi connectivity index (χ4v) is 3.46. The molecule has 0 atom stereocenters. The van der Waals surface area contributed by atoms with Crippen LogP contribution < -0.4 is 9.62 Å². The van der Waals surface area contributed by atoms with Gasteiger partial charge in [0.2, 0.25) is 0 Å². The van der Waals surface area contributed by atoms with Gasteiger partial charge in [-0.25, -0.2) is 8.42 Å². The Balaban J connectivity index is 3.07. The first kappa shape index (κ1) is 16.7. The van der Waals surface area contributed by atoms with E-state index in [-0.39, 0.29) is 28.2 Å². The molecule has 0 aliphatic rings. The summed E-state index contributed by atoms with van der Waals surface area (Å²) in [6, 6.07) is 2.85. The highest BCUT2D eigenvalue weighted by Crippen LogP contribution is 2.35. The molecule has 108 valence electrons. The Morgan fingerprint density at radius 1 is 1.42 bits per heavy atom. The van der Waals surface area contributed by atoms with Crippen LogP contribution in [0.3, 0.4) is 0 Å². The van der Waals surface area contributed by atoms with Crippen molar-refractivity contribution in [2.24, 2.45) is 5.92 Å². The molecule has 1 N–H and O–H groups in total. The third-order valence-electron chi connectivity index (χ3n) is 2.05. The number of halogens is 2. The number of nitrogens with one attached hydrogen (secondary N) is 1. The maximum absolute atomic E-state index is 12.1. The number of hydrogen-bond donors (Lipinski definition) is 1. The van der Waals surface area contributed by atoms with E-state index in [1.54, 1.807) is 6.07 Å². The average molecular weight is 373 g/mol. The first-order valence-corrected chi connectivity index (χ1v) is 8.10. The lowest BCUT2D eigenvalue weighted by Gasteiger charge is -2.13. The van der Waals surface area contributed by atoms with Gasteiger partial charge in [-0.05, 0) is 34.0 Å². The van der Waals surface area contributed by atoms with E-state index in [0.717, 1.165) is 0 Å². The Kier molecular flexibility index (Phi) is 6.07. The van der Waals surface area contributed by atoms with Crippen LogP contribution in [0, 0.1) is 5.92 Å². The van der Waals surface area contributed by atoms with Crippen LogP contribution in [0.1, 0.15) is 13.8 Å². The Hall–Kier alpha value is -0.340. The van der Waals surface area contributed by atoms with Gasteiger partial charge in [-0.3, -0.25) is 4.84 Å². The van der Waals surface area contributed by atoms with Crippen molar-refractivity contribution < 1.29 is 18.0 Å². The summed E-state index contributed by atoms with van der Waals surface area (Å²) < 4.78 is 29.7. The van der Waals surface area contributed by atoms with Gasteiger partial charge < -0.3 is 4.74 Å². The molecule has 0 aliphatic heterocycles. The molecule has 0 saturated heterocycles. The topological polar surface area (TPSA) is 64.6 Å². The standard InChI is InChI=1S/C11H15BrClNO4S/c1-7(2)6-18-14-19(15,16)10-5-8(13)4-9(12)11(10)17-3/h4-5,7,14H,6H2,1-3H3. The summed E-state index contributed by atoms with van der Waals surface area (Å²) in [5, 5.41) is 0.275. The first-order chi connectivity index (χ1) is 8.77. The van der Waals surface area contributed by atoms with E-state index in [1.807, 2.05) is 18.7 Å². The van der Waals surface area contributed by atoms with E-state index in [1.165, 1.54) is 13.2 Å². The molecule has 0 fully saturated rings. The van der Waals surface area contributed by atoms with Gasteiger partial charge in [-0.1, -0.05) is 30.3 Å². The summed E-state index contributed by atoms with van der Waals surface area (Å²) in [6.45, 7) is 4.08. The second-order valence-corrected chi connectivity index (χ2v) is 7.11. The quantitative estimate of drug-likeness (QED) is 0.780. The summed E-state index contributed by atoms with van der Waals surface area (Å²) >= 11 is 9.05. The zero-order chi connectivity index (χ0) is 14.6. The van der Waals surface area contributed by atoms with Crippen LogP contribution in [-0.4, -0.2) is 22.1 Å². The van der Waals surface area contributed by atoms with Gasteiger partial charge in [0.25, 0.3) is 10.0 Å². The number of hydrogen-bond acceptors (Lipinski definition) is 4. The molecule has 0 heterocycles. The van der Waals surface area contributed by atoms with Crippen LogP contribution >= 0.6 is 27.5 Å². The first-order valence-electron chi connectivity index (χ1n) is 5.44. The van der Waals surface area contributed by atoms with Crippen LogP contribution in [0.15, 0.2) is 21.5 Å². The minimum Gasteiger partial charge on any atom is -0.494 e. The van der Waals surface area contributed by atoms with Gasteiger partial charge in [0.1, 0.15) is 4.90 Å². The minimum absolute atomic E-state index is 0.0851. The predicted octanol–water partition coefficient (Wildman–Crippen LogP) is 2.98. The van der Waals surface area contributed by atoms with E-state index in [9.17, 15) is 8.42 Å². The third kappa shape index (κ3) is 4.61. The van der Waals surface area contributed by atoms with E-state index in [0.29, 0.717) is 4.47 Å². The molecule has 1 rings (SSSR count). The van der Waals surface area contributed by atoms with Gasteiger partial charge in [0.15, 0.2) is 5.75 Å². The Labute approximate surface area is 126 Å². The minimum atomic E-state index is -3.86. The van der Waals surface area contributed by atoms with Crippen molar-refractivity contribution in [2.75, 3.05) is 13.7 Å². The Bertz CT molecular complexity index is 548. The maximum Gasteiger partial charge on any atom is 0.266 e. The SMILES string of the molecule is COc1c(Br)cc(Cl)cc1S(=O)(=O)NOCC(C)C. The van der Waals surface area contributed by atoms with Crippen molar-refractivity contribution in [3.05, 3.63) is 21.6 Å². The van der Waals surface area contributed by atoms with Gasteiger partial charge in [0, 0.05) is 5.02 Å². The molecule has 5 nitrogen and oxygen atoms in total. The second-order valence-electron chi connectivity index (χ2n) is 4.21. The molecule has 0 saturated carbocycles. The molecule has 0 bridgehead atoms. The largest absolute Gasteiger partial charge is 0.494 e. The summed E-state index contributed by atoms with van der Waals surface area (Å²) in [7, 11) is -2.48. The molecular weight excluding hydrogens is 358 g/mol. The highest BCUT2D eigenvalue weighted by Gasteiger charge is 2.22. The van der Waals surface area contributed by atoms with E-state index in [2.05, 4.69) is 15.9 Å². The zero-order valence-corrected chi connectivity index (χ0v) is 13.9. The van der Waals surface area contributed by atoms with Gasteiger partial charge in [-0.2, -0.15) is 0 Å². The van der Waals surface area contributed by atoms with Crippen LogP contribution in [0.4, 0.5) is 0 Å². The fraction of sp³-hybridized carbons (Fsp3) is 0.455. The van der Waals surface area contributed by atoms with Crippen molar-refractivity contribution in [1.29, 1.82) is 0 Å². The Morgan fingerprint density at radius 2 is 2.05 bits per heavy atom. The molecule has 8 heteroatoms. The zero-order valence-electron chi connectivity index (χ0n) is 10.7. The summed E-state index contributed by atoms with van der Waals surface area (Å²) in [5.74, 6) is 0.376. The summed E-state index contributed by atoms with van der Waals surface area (Å²) in [4.78, 5) is 6.91. The molecule has 0 amide bonds.